The minimum atomic E-state index is -4.47. The third kappa shape index (κ3) is 8.49. The molecule has 3 aromatic carbocycles. The average Bonchev–Trinajstić information content (AvgIpc) is 3.06. The lowest BCUT2D eigenvalue weighted by Crippen LogP contribution is -2.50. The second kappa shape index (κ2) is 15.6. The van der Waals surface area contributed by atoms with E-state index in [1.807, 2.05) is 0 Å². The maximum Gasteiger partial charge on any atom is 0.508 e. The van der Waals surface area contributed by atoms with Gasteiger partial charge in [-0.15, -0.1) is 0 Å². The Morgan fingerprint density at radius 3 is 1.87 bits per heavy atom. The van der Waals surface area contributed by atoms with Crippen LogP contribution in [0.4, 0.5) is 18.0 Å². The number of benzene rings is 3. The van der Waals surface area contributed by atoms with Crippen molar-refractivity contribution in [3.63, 3.8) is 0 Å². The zero-order chi connectivity index (χ0) is 34.0. The predicted molar refractivity (Wildman–Crippen MR) is 164 cm³/mol. The number of esters is 2. The molecule has 0 saturated heterocycles. The molecule has 0 spiro atoms. The Morgan fingerprint density at radius 1 is 0.723 bits per heavy atom. The Bertz CT molecular complexity index is 1520. The Morgan fingerprint density at radius 2 is 1.30 bits per heavy atom. The number of carbonyl (C=O) groups excluding carboxylic acids is 4. The molecule has 250 valence electrons. The van der Waals surface area contributed by atoms with Crippen LogP contribution in [0.5, 0.6) is 0 Å². The van der Waals surface area contributed by atoms with Crippen LogP contribution >= 0.6 is 0 Å². The van der Waals surface area contributed by atoms with Crippen molar-refractivity contribution in [3.05, 3.63) is 95.6 Å². The molecule has 9 nitrogen and oxygen atoms in total. The van der Waals surface area contributed by atoms with Gasteiger partial charge in [-0.05, 0) is 74.4 Å². The lowest BCUT2D eigenvalue weighted by atomic mass is 9.81. The summed E-state index contributed by atoms with van der Waals surface area (Å²) in [5, 5.41) is 2.97. The smallest absolute Gasteiger partial charge is 0.465 e. The van der Waals surface area contributed by atoms with Gasteiger partial charge in [0.25, 0.3) is 5.91 Å². The van der Waals surface area contributed by atoms with Gasteiger partial charge in [0.2, 0.25) is 5.41 Å². The fraction of sp³-hybridized carbons (Fsp3) is 0.371. The van der Waals surface area contributed by atoms with Crippen LogP contribution in [-0.4, -0.2) is 56.0 Å². The topological polar surface area (TPSA) is 117 Å². The SMILES string of the molecule is CCOC(=O)C(COC(=O)OC1CCC(NC(=O)c2ccccc2-c2ccc(C(F)(F)F)cc2)CC1)(C(=O)OCC)c1ccccc1. The highest BCUT2D eigenvalue weighted by Crippen LogP contribution is 2.33. The highest BCUT2D eigenvalue weighted by Gasteiger charge is 2.52. The van der Waals surface area contributed by atoms with Gasteiger partial charge in [-0.25, -0.2) is 4.79 Å². The summed E-state index contributed by atoms with van der Waals surface area (Å²) < 4.78 is 60.2. The standard InChI is InChI=1S/C35H36F3NO8/c1-3-44-31(41)34(32(42)45-4-2,24-10-6-5-7-11-24)22-46-33(43)47-27-20-18-26(19-21-27)39-30(40)29-13-9-8-12-28(29)23-14-16-25(17-15-23)35(36,37)38/h5-17,26-27H,3-4,18-22H2,1-2H3,(H,39,40). The molecule has 1 saturated carbocycles. The van der Waals surface area contributed by atoms with Gasteiger partial charge in [-0.3, -0.25) is 14.4 Å². The molecule has 12 heteroatoms. The van der Waals surface area contributed by atoms with Crippen molar-refractivity contribution in [2.75, 3.05) is 19.8 Å². The van der Waals surface area contributed by atoms with Crippen molar-refractivity contribution in [1.29, 1.82) is 0 Å². The van der Waals surface area contributed by atoms with E-state index in [-0.39, 0.29) is 30.7 Å². The largest absolute Gasteiger partial charge is 0.508 e. The van der Waals surface area contributed by atoms with E-state index in [0.29, 0.717) is 42.4 Å². The second-order valence-electron chi connectivity index (χ2n) is 10.9. The molecular formula is C35H36F3NO8. The van der Waals surface area contributed by atoms with E-state index in [1.165, 1.54) is 12.1 Å². The molecule has 0 atom stereocenters. The van der Waals surface area contributed by atoms with Crippen molar-refractivity contribution in [2.45, 2.75) is 63.3 Å². The number of carbonyl (C=O) groups is 4. The van der Waals surface area contributed by atoms with E-state index >= 15 is 0 Å². The minimum Gasteiger partial charge on any atom is -0.465 e. The molecule has 0 heterocycles. The van der Waals surface area contributed by atoms with Crippen LogP contribution < -0.4 is 5.32 Å². The van der Waals surface area contributed by atoms with Crippen molar-refractivity contribution in [2.24, 2.45) is 0 Å². The predicted octanol–water partition coefficient (Wildman–Crippen LogP) is 6.63. The monoisotopic (exact) mass is 655 g/mol. The Kier molecular flexibility index (Phi) is 11.6. The first-order valence-electron chi connectivity index (χ1n) is 15.3. The molecule has 0 aliphatic heterocycles. The molecule has 1 N–H and O–H groups in total. The minimum absolute atomic E-state index is 0.0162. The van der Waals surface area contributed by atoms with Crippen LogP contribution in [0.3, 0.4) is 0 Å². The van der Waals surface area contributed by atoms with E-state index < -0.39 is 48.0 Å². The van der Waals surface area contributed by atoms with Crippen molar-refractivity contribution < 1.29 is 51.3 Å². The molecule has 0 unspecified atom stereocenters. The highest BCUT2D eigenvalue weighted by atomic mass is 19.4. The Labute approximate surface area is 270 Å². The van der Waals surface area contributed by atoms with Crippen LogP contribution in [0.1, 0.15) is 61.0 Å². The summed E-state index contributed by atoms with van der Waals surface area (Å²) in [6.07, 6.45) is -4.31. The fourth-order valence-corrected chi connectivity index (χ4v) is 5.45. The molecule has 1 aliphatic rings. The van der Waals surface area contributed by atoms with Crippen molar-refractivity contribution in [3.8, 4) is 11.1 Å². The number of rotatable bonds is 11. The summed E-state index contributed by atoms with van der Waals surface area (Å²) in [7, 11) is 0. The van der Waals surface area contributed by atoms with Gasteiger partial charge in [0, 0.05) is 11.6 Å². The Hall–Kier alpha value is -4.87. The van der Waals surface area contributed by atoms with Gasteiger partial charge in [0.05, 0.1) is 18.8 Å². The van der Waals surface area contributed by atoms with Gasteiger partial charge in [-0.1, -0.05) is 60.7 Å². The third-order valence-electron chi connectivity index (χ3n) is 7.89. The van der Waals surface area contributed by atoms with Crippen LogP contribution in [0.2, 0.25) is 0 Å². The average molecular weight is 656 g/mol. The summed E-state index contributed by atoms with van der Waals surface area (Å²) in [5.41, 5.74) is -1.30. The normalized spacial score (nSPS) is 16.4. The number of amides is 1. The molecule has 0 aromatic heterocycles. The molecule has 0 bridgehead atoms. The molecule has 47 heavy (non-hydrogen) atoms. The molecule has 3 aromatic rings. The van der Waals surface area contributed by atoms with Crippen LogP contribution in [0.25, 0.3) is 11.1 Å². The van der Waals surface area contributed by atoms with E-state index in [9.17, 15) is 32.3 Å². The first-order chi connectivity index (χ1) is 22.5. The van der Waals surface area contributed by atoms with Crippen LogP contribution in [-0.2, 0) is 40.1 Å². The Balaban J connectivity index is 1.35. The van der Waals surface area contributed by atoms with E-state index in [4.69, 9.17) is 18.9 Å². The maximum atomic E-state index is 13.2. The molecular weight excluding hydrogens is 619 g/mol. The third-order valence-corrected chi connectivity index (χ3v) is 7.89. The zero-order valence-corrected chi connectivity index (χ0v) is 26.0. The fourth-order valence-electron chi connectivity index (χ4n) is 5.45. The van der Waals surface area contributed by atoms with Gasteiger partial charge < -0.3 is 24.3 Å². The van der Waals surface area contributed by atoms with Gasteiger partial charge >= 0.3 is 24.3 Å². The first kappa shape index (κ1) is 35.0. The quantitative estimate of drug-likeness (QED) is 0.139. The lowest BCUT2D eigenvalue weighted by Gasteiger charge is -2.30. The summed E-state index contributed by atoms with van der Waals surface area (Å²) in [4.78, 5) is 52.2. The number of halogens is 3. The molecule has 1 fully saturated rings. The van der Waals surface area contributed by atoms with Gasteiger partial charge in [-0.2, -0.15) is 13.2 Å². The summed E-state index contributed by atoms with van der Waals surface area (Å²) in [6, 6.07) is 19.1. The number of alkyl halides is 3. The van der Waals surface area contributed by atoms with Crippen molar-refractivity contribution in [1.82, 2.24) is 5.32 Å². The molecule has 1 amide bonds. The van der Waals surface area contributed by atoms with Gasteiger partial charge in [0.1, 0.15) is 12.7 Å². The zero-order valence-electron chi connectivity index (χ0n) is 26.0. The molecule has 0 radical (unpaired) electrons. The molecule has 4 rings (SSSR count). The van der Waals surface area contributed by atoms with Crippen LogP contribution in [0, 0.1) is 0 Å². The summed E-state index contributed by atoms with van der Waals surface area (Å²) in [5.74, 6) is -2.22. The van der Waals surface area contributed by atoms with Gasteiger partial charge in [0.15, 0.2) is 0 Å². The number of ether oxygens (including phenoxy) is 4. The number of hydrogen-bond acceptors (Lipinski definition) is 8. The maximum absolute atomic E-state index is 13.2. The van der Waals surface area contributed by atoms with Crippen molar-refractivity contribution >= 4 is 24.0 Å². The highest BCUT2D eigenvalue weighted by molar-refractivity contribution is 6.07. The summed E-state index contributed by atoms with van der Waals surface area (Å²) in [6.45, 7) is 2.45. The van der Waals surface area contributed by atoms with E-state index in [0.717, 1.165) is 12.1 Å². The summed E-state index contributed by atoms with van der Waals surface area (Å²) >= 11 is 0. The number of hydrogen-bond donors (Lipinski definition) is 1. The molecule has 1 aliphatic carbocycles. The number of nitrogens with one attached hydrogen (secondary N) is 1. The second-order valence-corrected chi connectivity index (χ2v) is 10.9. The first-order valence-corrected chi connectivity index (χ1v) is 15.3. The van der Waals surface area contributed by atoms with E-state index in [2.05, 4.69) is 5.32 Å². The lowest BCUT2D eigenvalue weighted by molar-refractivity contribution is -0.167. The van der Waals surface area contributed by atoms with Crippen LogP contribution in [0.15, 0.2) is 78.9 Å². The van der Waals surface area contributed by atoms with E-state index in [1.54, 1.807) is 68.4 Å².